The van der Waals surface area contributed by atoms with Gasteiger partial charge in [-0.25, -0.2) is 9.78 Å². The van der Waals surface area contributed by atoms with Gasteiger partial charge in [0, 0.05) is 12.3 Å². The highest BCUT2D eigenvalue weighted by Gasteiger charge is 2.41. The molecule has 78 valence electrons. The lowest BCUT2D eigenvalue weighted by Gasteiger charge is -2.05. The van der Waals surface area contributed by atoms with Gasteiger partial charge in [0.15, 0.2) is 0 Å². The molecule has 0 aliphatic carbocycles. The van der Waals surface area contributed by atoms with Crippen LogP contribution in [-0.2, 0) is 4.79 Å². The summed E-state index contributed by atoms with van der Waals surface area (Å²) in [6.45, 7) is 0. The Morgan fingerprint density at radius 1 is 1.53 bits per heavy atom. The minimum atomic E-state index is -5.08. The summed E-state index contributed by atoms with van der Waals surface area (Å²) in [6, 6.07) is 3.87. The van der Waals surface area contributed by atoms with Crippen molar-refractivity contribution in [1.29, 1.82) is 5.26 Å². The highest BCUT2D eigenvalue weighted by atomic mass is 19.4. The van der Waals surface area contributed by atoms with E-state index < -0.39 is 18.0 Å². The standard InChI is InChI=1S/C8H3F3N2O2/c9-8(10,11)7(14)15-6-3-5(4-12)1-2-13-6/h1-3H. The summed E-state index contributed by atoms with van der Waals surface area (Å²) in [4.78, 5) is 13.7. The van der Waals surface area contributed by atoms with Crippen molar-refractivity contribution in [2.24, 2.45) is 0 Å². The molecule has 1 aromatic rings. The van der Waals surface area contributed by atoms with Crippen LogP contribution in [-0.4, -0.2) is 17.1 Å². The fraction of sp³-hybridized carbons (Fsp3) is 0.125. The Morgan fingerprint density at radius 2 is 2.20 bits per heavy atom. The van der Waals surface area contributed by atoms with Crippen LogP contribution in [0.1, 0.15) is 5.56 Å². The number of carbonyl (C=O) groups excluding carboxylic acids is 1. The molecule has 1 heterocycles. The van der Waals surface area contributed by atoms with E-state index in [-0.39, 0.29) is 5.56 Å². The normalized spacial score (nSPS) is 10.5. The molecule has 1 aromatic heterocycles. The van der Waals surface area contributed by atoms with Gasteiger partial charge < -0.3 is 4.74 Å². The maximum absolute atomic E-state index is 11.7. The van der Waals surface area contributed by atoms with Crippen molar-refractivity contribution in [3.8, 4) is 11.9 Å². The van der Waals surface area contributed by atoms with Crippen molar-refractivity contribution in [2.75, 3.05) is 0 Å². The number of nitriles is 1. The van der Waals surface area contributed by atoms with E-state index in [1.54, 1.807) is 6.07 Å². The average Bonchev–Trinajstić information content (AvgIpc) is 2.16. The number of esters is 1. The van der Waals surface area contributed by atoms with Crippen LogP contribution in [0, 0.1) is 11.3 Å². The summed E-state index contributed by atoms with van der Waals surface area (Å²) < 4.78 is 39.1. The summed E-state index contributed by atoms with van der Waals surface area (Å²) in [5, 5.41) is 8.42. The fourth-order valence-electron chi connectivity index (χ4n) is 0.688. The Hall–Kier alpha value is -2.10. The molecule has 7 heteroatoms. The molecule has 0 aliphatic heterocycles. The van der Waals surface area contributed by atoms with E-state index in [9.17, 15) is 18.0 Å². The lowest BCUT2D eigenvalue weighted by atomic mass is 10.3. The predicted molar refractivity (Wildman–Crippen MR) is 40.6 cm³/mol. The van der Waals surface area contributed by atoms with Gasteiger partial charge >= 0.3 is 12.1 Å². The number of ether oxygens (including phenoxy) is 1. The lowest BCUT2D eigenvalue weighted by Crippen LogP contribution is -2.28. The molecule has 1 rings (SSSR count). The minimum Gasteiger partial charge on any atom is -0.401 e. The van der Waals surface area contributed by atoms with E-state index in [2.05, 4.69) is 9.72 Å². The Morgan fingerprint density at radius 3 is 2.73 bits per heavy atom. The topological polar surface area (TPSA) is 63.0 Å². The molecule has 0 saturated carbocycles. The molecule has 0 atom stereocenters. The van der Waals surface area contributed by atoms with Gasteiger partial charge in [-0.05, 0) is 6.07 Å². The number of nitrogens with zero attached hydrogens (tertiary/aromatic N) is 2. The SMILES string of the molecule is N#Cc1ccnc(OC(=O)C(F)(F)F)c1. The summed E-state index contributed by atoms with van der Waals surface area (Å²) >= 11 is 0. The largest absolute Gasteiger partial charge is 0.491 e. The van der Waals surface area contributed by atoms with E-state index >= 15 is 0 Å². The summed E-state index contributed by atoms with van der Waals surface area (Å²) in [7, 11) is 0. The van der Waals surface area contributed by atoms with Gasteiger partial charge in [0.2, 0.25) is 5.88 Å². The molecule has 0 bridgehead atoms. The van der Waals surface area contributed by atoms with Crippen LogP contribution >= 0.6 is 0 Å². The maximum atomic E-state index is 11.7. The zero-order chi connectivity index (χ0) is 11.5. The first-order chi connectivity index (χ1) is 6.93. The van der Waals surface area contributed by atoms with Crippen molar-refractivity contribution < 1.29 is 22.7 Å². The van der Waals surface area contributed by atoms with E-state index in [4.69, 9.17) is 5.26 Å². The number of hydrogen-bond donors (Lipinski definition) is 0. The first kappa shape index (κ1) is 11.0. The molecule has 0 amide bonds. The Labute approximate surface area is 81.9 Å². The summed E-state index contributed by atoms with van der Waals surface area (Å²) in [5.74, 6) is -2.93. The minimum absolute atomic E-state index is 0.0509. The monoisotopic (exact) mass is 216 g/mol. The third-order valence-corrected chi connectivity index (χ3v) is 1.29. The second-order valence-corrected chi connectivity index (χ2v) is 2.38. The first-order valence-corrected chi connectivity index (χ1v) is 3.58. The van der Waals surface area contributed by atoms with Crippen molar-refractivity contribution in [3.05, 3.63) is 23.9 Å². The Kier molecular flexibility index (Phi) is 2.90. The molecule has 0 unspecified atom stereocenters. The highest BCUT2D eigenvalue weighted by Crippen LogP contribution is 2.18. The van der Waals surface area contributed by atoms with Gasteiger partial charge in [-0.1, -0.05) is 0 Å². The molecule has 4 nitrogen and oxygen atoms in total. The van der Waals surface area contributed by atoms with Crippen molar-refractivity contribution in [1.82, 2.24) is 4.98 Å². The zero-order valence-corrected chi connectivity index (χ0v) is 7.08. The second kappa shape index (κ2) is 3.96. The third-order valence-electron chi connectivity index (χ3n) is 1.29. The van der Waals surface area contributed by atoms with E-state index in [0.29, 0.717) is 0 Å². The van der Waals surface area contributed by atoms with Crippen LogP contribution in [0.2, 0.25) is 0 Å². The second-order valence-electron chi connectivity index (χ2n) is 2.38. The van der Waals surface area contributed by atoms with Crippen LogP contribution in [0.4, 0.5) is 13.2 Å². The van der Waals surface area contributed by atoms with E-state index in [1.807, 2.05) is 0 Å². The lowest BCUT2D eigenvalue weighted by molar-refractivity contribution is -0.190. The van der Waals surface area contributed by atoms with Gasteiger partial charge in [0.25, 0.3) is 0 Å². The van der Waals surface area contributed by atoms with Crippen LogP contribution in [0.3, 0.4) is 0 Å². The van der Waals surface area contributed by atoms with Crippen molar-refractivity contribution in [2.45, 2.75) is 6.18 Å². The molecular formula is C8H3F3N2O2. The molecule has 0 saturated heterocycles. The molecular weight excluding hydrogens is 213 g/mol. The van der Waals surface area contributed by atoms with Crippen molar-refractivity contribution >= 4 is 5.97 Å². The number of hydrogen-bond acceptors (Lipinski definition) is 4. The van der Waals surface area contributed by atoms with Crippen LogP contribution in [0.15, 0.2) is 18.3 Å². The van der Waals surface area contributed by atoms with E-state index in [1.165, 1.54) is 6.07 Å². The Bertz CT molecular complexity index is 423. The molecule has 0 aliphatic rings. The molecule has 15 heavy (non-hydrogen) atoms. The summed E-state index contributed by atoms with van der Waals surface area (Å²) in [5.41, 5.74) is 0.0509. The smallest absolute Gasteiger partial charge is 0.401 e. The molecule has 0 radical (unpaired) electrons. The van der Waals surface area contributed by atoms with Crippen LogP contribution < -0.4 is 4.74 Å². The van der Waals surface area contributed by atoms with Crippen LogP contribution in [0.25, 0.3) is 0 Å². The Balaban J connectivity index is 2.83. The fourth-order valence-corrected chi connectivity index (χ4v) is 0.688. The van der Waals surface area contributed by atoms with Crippen molar-refractivity contribution in [3.63, 3.8) is 0 Å². The average molecular weight is 216 g/mol. The van der Waals surface area contributed by atoms with Gasteiger partial charge in [-0.3, -0.25) is 0 Å². The molecule has 0 N–H and O–H groups in total. The highest BCUT2D eigenvalue weighted by molar-refractivity contribution is 5.77. The van der Waals surface area contributed by atoms with Gasteiger partial charge in [-0.2, -0.15) is 18.4 Å². The zero-order valence-electron chi connectivity index (χ0n) is 7.08. The summed E-state index contributed by atoms with van der Waals surface area (Å²) in [6.07, 6.45) is -4.01. The first-order valence-electron chi connectivity index (χ1n) is 3.58. The predicted octanol–water partition coefficient (Wildman–Crippen LogP) is 1.42. The maximum Gasteiger partial charge on any atom is 0.491 e. The molecule has 0 aromatic carbocycles. The number of halogens is 3. The van der Waals surface area contributed by atoms with Gasteiger partial charge in [0.1, 0.15) is 0 Å². The number of rotatable bonds is 1. The number of carbonyl (C=O) groups is 1. The number of pyridine rings is 1. The molecule has 0 spiro atoms. The number of alkyl halides is 3. The van der Waals surface area contributed by atoms with Gasteiger partial charge in [-0.15, -0.1) is 0 Å². The number of aromatic nitrogens is 1. The van der Waals surface area contributed by atoms with Crippen LogP contribution in [0.5, 0.6) is 5.88 Å². The molecule has 0 fully saturated rings. The third kappa shape index (κ3) is 2.95. The van der Waals surface area contributed by atoms with E-state index in [0.717, 1.165) is 12.3 Å². The quantitative estimate of drug-likeness (QED) is 0.666. The van der Waals surface area contributed by atoms with Gasteiger partial charge in [0.05, 0.1) is 11.6 Å².